The molecule has 2 aliphatic rings. The Bertz CT molecular complexity index is 354. The van der Waals surface area contributed by atoms with Gasteiger partial charge in [-0.25, -0.2) is 0 Å². The maximum atomic E-state index is 5.68. The minimum atomic E-state index is 0.324. The lowest BCUT2D eigenvalue weighted by molar-refractivity contribution is 0.530. The van der Waals surface area contributed by atoms with Gasteiger partial charge in [-0.05, 0) is 35.9 Å². The van der Waals surface area contributed by atoms with Crippen LogP contribution >= 0.6 is 0 Å². The molecule has 1 fully saturated rings. The zero-order valence-corrected chi connectivity index (χ0v) is 13.7. The van der Waals surface area contributed by atoms with Crippen LogP contribution in [0, 0.1) is 5.92 Å². The van der Waals surface area contributed by atoms with Crippen molar-refractivity contribution in [3.05, 3.63) is 35.8 Å². The third-order valence-electron chi connectivity index (χ3n) is 3.66. The largest absolute Gasteiger partial charge is 0.397 e. The molecule has 3 heteroatoms. The maximum absolute atomic E-state index is 5.68. The van der Waals surface area contributed by atoms with Gasteiger partial charge in [0.15, 0.2) is 0 Å². The molecule has 102 valence electrons. The fourth-order valence-corrected chi connectivity index (χ4v) is 4.81. The Hall–Kier alpha value is -0.963. The van der Waals surface area contributed by atoms with Gasteiger partial charge in [-0.3, -0.25) is 0 Å². The molecule has 1 saturated heterocycles. The molecule has 1 atom stereocenters. The van der Waals surface area contributed by atoms with Crippen molar-refractivity contribution in [3.63, 3.8) is 0 Å². The molecule has 0 amide bonds. The van der Waals surface area contributed by atoms with E-state index >= 15 is 0 Å². The predicted octanol–water partition coefficient (Wildman–Crippen LogP) is 3.05. The Balaban J connectivity index is 0.000000184. The second-order valence-electron chi connectivity index (χ2n) is 6.16. The van der Waals surface area contributed by atoms with Gasteiger partial charge in [-0.2, -0.15) is 0 Å². The van der Waals surface area contributed by atoms with E-state index in [1.807, 2.05) is 24.4 Å². The number of rotatable bonds is 1. The van der Waals surface area contributed by atoms with Crippen molar-refractivity contribution in [2.24, 2.45) is 11.7 Å². The zero-order valence-electron chi connectivity index (χ0n) is 12.3. The first-order chi connectivity index (χ1) is 8.44. The number of nitrogens with one attached hydrogen (secondary N) is 1. The minimum Gasteiger partial charge on any atom is -0.397 e. The van der Waals surface area contributed by atoms with Gasteiger partial charge in [0, 0.05) is 21.4 Å². The summed E-state index contributed by atoms with van der Waals surface area (Å²) in [5.74, 6) is 1.05. The van der Waals surface area contributed by atoms with Gasteiger partial charge in [0.2, 0.25) is 0 Å². The van der Waals surface area contributed by atoms with E-state index in [9.17, 15) is 0 Å². The summed E-state index contributed by atoms with van der Waals surface area (Å²) in [6.45, 7) is 9.33. The standard InChI is InChI=1S/C8H12N2.C7H16Si/c1-2-8-7(9)5-3-4-6-10-8;1-6-4-7(2,3)8-5-6/h3-6,10H,2,9H2,1H3;6H,4-5,8H2,1-3H3. The van der Waals surface area contributed by atoms with Crippen LogP contribution in [0.2, 0.25) is 11.1 Å². The van der Waals surface area contributed by atoms with Crippen molar-refractivity contribution in [3.8, 4) is 0 Å². The fourth-order valence-electron chi connectivity index (χ4n) is 2.64. The van der Waals surface area contributed by atoms with Crippen LogP contribution in [0.1, 0.15) is 40.5 Å². The van der Waals surface area contributed by atoms with Crippen LogP contribution in [0.4, 0.5) is 0 Å². The van der Waals surface area contributed by atoms with Gasteiger partial charge in [0.05, 0.1) is 5.70 Å². The van der Waals surface area contributed by atoms with Crippen LogP contribution in [-0.2, 0) is 0 Å². The first-order valence-electron chi connectivity index (χ1n) is 7.03. The van der Waals surface area contributed by atoms with Gasteiger partial charge in [-0.15, -0.1) is 0 Å². The average molecular weight is 264 g/mol. The normalized spacial score (nSPS) is 26.6. The van der Waals surface area contributed by atoms with E-state index in [1.165, 1.54) is 6.42 Å². The van der Waals surface area contributed by atoms with Gasteiger partial charge < -0.3 is 11.1 Å². The summed E-state index contributed by atoms with van der Waals surface area (Å²) >= 11 is 0. The summed E-state index contributed by atoms with van der Waals surface area (Å²) in [4.78, 5) is 0. The van der Waals surface area contributed by atoms with E-state index in [0.717, 1.165) is 28.8 Å². The summed E-state index contributed by atoms with van der Waals surface area (Å²) in [6.07, 6.45) is 10.1. The SMILES string of the molecule is CC1C[SiH2]C(C)(C)C1.CCC1=C(N)C=CC=CN1. The van der Waals surface area contributed by atoms with Crippen LogP contribution in [0.5, 0.6) is 0 Å². The highest BCUT2D eigenvalue weighted by Gasteiger charge is 2.28. The first kappa shape index (κ1) is 15.1. The maximum Gasteiger partial charge on any atom is 0.0510 e. The molecule has 0 bridgehead atoms. The lowest BCUT2D eigenvalue weighted by atomic mass is 10.0. The molecular weight excluding hydrogens is 236 g/mol. The lowest BCUT2D eigenvalue weighted by Crippen LogP contribution is -2.09. The van der Waals surface area contributed by atoms with Gasteiger partial charge in [-0.1, -0.05) is 39.8 Å². The molecule has 0 aromatic heterocycles. The second-order valence-corrected chi connectivity index (χ2v) is 9.15. The highest BCUT2D eigenvalue weighted by Crippen LogP contribution is 2.40. The van der Waals surface area contributed by atoms with E-state index in [2.05, 4.69) is 33.0 Å². The van der Waals surface area contributed by atoms with Crippen molar-refractivity contribution in [2.45, 2.75) is 51.6 Å². The predicted molar refractivity (Wildman–Crippen MR) is 84.1 cm³/mol. The van der Waals surface area contributed by atoms with Gasteiger partial charge in [0.1, 0.15) is 0 Å². The number of hydrogen-bond donors (Lipinski definition) is 2. The molecule has 0 radical (unpaired) electrons. The lowest BCUT2D eigenvalue weighted by Gasteiger charge is -2.14. The molecule has 0 aromatic rings. The number of allylic oxidation sites excluding steroid dienone is 4. The van der Waals surface area contributed by atoms with Crippen molar-refractivity contribution < 1.29 is 0 Å². The van der Waals surface area contributed by atoms with E-state index in [0.29, 0.717) is 9.52 Å². The number of hydrogen-bond acceptors (Lipinski definition) is 2. The monoisotopic (exact) mass is 264 g/mol. The summed E-state index contributed by atoms with van der Waals surface area (Å²) < 4.78 is 0. The van der Waals surface area contributed by atoms with E-state index in [1.54, 1.807) is 6.04 Å². The highest BCUT2D eigenvalue weighted by molar-refractivity contribution is 6.40. The molecule has 2 nitrogen and oxygen atoms in total. The molecule has 0 aromatic carbocycles. The molecule has 1 unspecified atom stereocenters. The molecule has 0 saturated carbocycles. The Labute approximate surface area is 114 Å². The third kappa shape index (κ3) is 5.13. The highest BCUT2D eigenvalue weighted by atomic mass is 28.2. The molecular formula is C15H28N2Si. The summed E-state index contributed by atoms with van der Waals surface area (Å²) in [6, 6.07) is 1.59. The first-order valence-corrected chi connectivity index (χ1v) is 8.73. The second kappa shape index (κ2) is 6.83. The molecule has 0 spiro atoms. The summed E-state index contributed by atoms with van der Waals surface area (Å²) in [5, 5.41) is 3.90. The molecule has 3 N–H and O–H groups in total. The molecule has 18 heavy (non-hydrogen) atoms. The van der Waals surface area contributed by atoms with E-state index in [-0.39, 0.29) is 0 Å². The van der Waals surface area contributed by atoms with Gasteiger partial charge in [0.25, 0.3) is 0 Å². The van der Waals surface area contributed by atoms with Crippen LogP contribution in [0.15, 0.2) is 35.8 Å². The Morgan fingerprint density at radius 3 is 2.61 bits per heavy atom. The van der Waals surface area contributed by atoms with Crippen LogP contribution in [-0.4, -0.2) is 9.52 Å². The Kier molecular flexibility index (Phi) is 5.73. The Morgan fingerprint density at radius 1 is 1.44 bits per heavy atom. The summed E-state index contributed by atoms with van der Waals surface area (Å²) in [5.41, 5.74) is 7.59. The van der Waals surface area contributed by atoms with Crippen LogP contribution < -0.4 is 11.1 Å². The zero-order chi connectivity index (χ0) is 13.6. The van der Waals surface area contributed by atoms with Crippen molar-refractivity contribution >= 4 is 9.52 Å². The third-order valence-corrected chi connectivity index (χ3v) is 6.57. The quantitative estimate of drug-likeness (QED) is 0.714. The molecule has 2 rings (SSSR count). The molecule has 0 aliphatic carbocycles. The van der Waals surface area contributed by atoms with Crippen LogP contribution in [0.3, 0.4) is 0 Å². The molecule has 2 aliphatic heterocycles. The summed E-state index contributed by atoms with van der Waals surface area (Å²) in [7, 11) is 0.324. The smallest absolute Gasteiger partial charge is 0.0510 e. The van der Waals surface area contributed by atoms with E-state index < -0.39 is 0 Å². The van der Waals surface area contributed by atoms with Crippen molar-refractivity contribution in [2.75, 3.05) is 0 Å². The average Bonchev–Trinajstić information content (AvgIpc) is 2.51. The molecule has 2 heterocycles. The van der Waals surface area contributed by atoms with Crippen molar-refractivity contribution in [1.29, 1.82) is 0 Å². The minimum absolute atomic E-state index is 0.324. The topological polar surface area (TPSA) is 38.0 Å². The van der Waals surface area contributed by atoms with Crippen molar-refractivity contribution in [1.82, 2.24) is 5.32 Å². The number of nitrogens with two attached hydrogens (primary N) is 1. The fraction of sp³-hybridized carbons (Fsp3) is 0.600. The van der Waals surface area contributed by atoms with Crippen LogP contribution in [0.25, 0.3) is 0 Å². The van der Waals surface area contributed by atoms with E-state index in [4.69, 9.17) is 5.73 Å². The van der Waals surface area contributed by atoms with Gasteiger partial charge >= 0.3 is 0 Å². The Morgan fingerprint density at radius 2 is 2.17 bits per heavy atom.